The van der Waals surface area contributed by atoms with E-state index < -0.39 is 0 Å². The van der Waals surface area contributed by atoms with Crippen molar-refractivity contribution in [2.24, 2.45) is 0 Å². The van der Waals surface area contributed by atoms with E-state index in [1.54, 1.807) is 50.6 Å². The van der Waals surface area contributed by atoms with E-state index in [1.807, 2.05) is 6.07 Å². The predicted octanol–water partition coefficient (Wildman–Crippen LogP) is 2.79. The Labute approximate surface area is 158 Å². The summed E-state index contributed by atoms with van der Waals surface area (Å²) < 4.78 is 19.0. The molecule has 0 heterocycles. The first kappa shape index (κ1) is 20.4. The molecule has 0 saturated heterocycles. The van der Waals surface area contributed by atoms with Crippen LogP contribution in [0.2, 0.25) is 0 Å². The Balaban J connectivity index is 2.10. The largest absolute Gasteiger partial charge is 0.383 e. The van der Waals surface area contributed by atoms with Crippen molar-refractivity contribution in [2.75, 3.05) is 32.6 Å². The first-order valence-corrected chi connectivity index (χ1v) is 8.61. The maximum absolute atomic E-state index is 13.9. The maximum atomic E-state index is 13.9. The lowest BCUT2D eigenvalue weighted by molar-refractivity contribution is -0.119. The average Bonchev–Trinajstić information content (AvgIpc) is 2.66. The van der Waals surface area contributed by atoms with E-state index in [0.717, 1.165) is 5.56 Å². The number of ether oxygens (including phenoxy) is 1. The van der Waals surface area contributed by atoms with Crippen molar-refractivity contribution in [3.8, 4) is 0 Å². The second kappa shape index (κ2) is 10.3. The van der Waals surface area contributed by atoms with Crippen LogP contribution in [0.15, 0.2) is 48.5 Å². The number of halogens is 1. The Morgan fingerprint density at radius 1 is 1.15 bits per heavy atom. The molecule has 7 heteroatoms. The highest BCUT2D eigenvalue weighted by Gasteiger charge is 2.16. The monoisotopic (exact) mass is 373 g/mol. The summed E-state index contributed by atoms with van der Waals surface area (Å²) in [5.74, 6) is -0.472. The van der Waals surface area contributed by atoms with Gasteiger partial charge in [-0.15, -0.1) is 0 Å². The summed E-state index contributed by atoms with van der Waals surface area (Å²) in [4.78, 5) is 25.7. The van der Waals surface area contributed by atoms with Crippen molar-refractivity contribution in [1.29, 1.82) is 0 Å². The lowest BCUT2D eigenvalue weighted by Gasteiger charge is -2.23. The minimum atomic E-state index is -0.368. The third-order valence-electron chi connectivity index (χ3n) is 3.99. The highest BCUT2D eigenvalue weighted by Crippen LogP contribution is 2.14. The van der Waals surface area contributed by atoms with Crippen molar-refractivity contribution in [2.45, 2.75) is 13.0 Å². The molecule has 0 saturated carbocycles. The molecule has 2 rings (SSSR count). The fourth-order valence-electron chi connectivity index (χ4n) is 2.52. The molecule has 0 bridgehead atoms. The summed E-state index contributed by atoms with van der Waals surface area (Å²) in [6, 6.07) is 13.0. The molecule has 0 aliphatic rings. The van der Waals surface area contributed by atoms with Gasteiger partial charge < -0.3 is 20.3 Å². The molecular formula is C20H24FN3O3. The molecule has 2 aromatic carbocycles. The Morgan fingerprint density at radius 2 is 1.93 bits per heavy atom. The third-order valence-corrected chi connectivity index (χ3v) is 3.99. The quantitative estimate of drug-likeness (QED) is 0.748. The summed E-state index contributed by atoms with van der Waals surface area (Å²) in [5, 5.41) is 5.36. The second-order valence-electron chi connectivity index (χ2n) is 5.99. The normalized spacial score (nSPS) is 10.3. The number of urea groups is 1. The molecule has 0 radical (unpaired) electrons. The van der Waals surface area contributed by atoms with Gasteiger partial charge in [-0.2, -0.15) is 0 Å². The lowest BCUT2D eigenvalue weighted by Crippen LogP contribution is -2.37. The van der Waals surface area contributed by atoms with E-state index >= 15 is 0 Å². The molecule has 0 unspecified atom stereocenters. The van der Waals surface area contributed by atoms with E-state index in [9.17, 15) is 14.0 Å². The van der Waals surface area contributed by atoms with Crippen molar-refractivity contribution < 1.29 is 18.7 Å². The van der Waals surface area contributed by atoms with Gasteiger partial charge in [-0.25, -0.2) is 9.18 Å². The molecule has 27 heavy (non-hydrogen) atoms. The average molecular weight is 373 g/mol. The Bertz CT molecular complexity index is 783. The fraction of sp³-hybridized carbons (Fsp3) is 0.300. The van der Waals surface area contributed by atoms with Gasteiger partial charge in [0.15, 0.2) is 0 Å². The molecule has 0 spiro atoms. The summed E-state index contributed by atoms with van der Waals surface area (Å²) in [7, 11) is 3.12. The van der Waals surface area contributed by atoms with Crippen LogP contribution in [0.5, 0.6) is 0 Å². The molecule has 2 N–H and O–H groups in total. The van der Waals surface area contributed by atoms with Gasteiger partial charge in [-0.1, -0.05) is 30.3 Å². The van der Waals surface area contributed by atoms with Crippen LogP contribution in [-0.4, -0.2) is 44.1 Å². The third kappa shape index (κ3) is 6.38. The summed E-state index contributed by atoms with van der Waals surface area (Å²) in [6.45, 7) is 0.771. The van der Waals surface area contributed by atoms with Crippen LogP contribution in [0.4, 0.5) is 14.9 Å². The molecule has 0 fully saturated rings. The molecule has 144 valence electrons. The molecular weight excluding hydrogens is 349 g/mol. The minimum Gasteiger partial charge on any atom is -0.383 e. The number of hydrogen-bond donors (Lipinski definition) is 2. The van der Waals surface area contributed by atoms with Crippen LogP contribution < -0.4 is 10.6 Å². The predicted molar refractivity (Wildman–Crippen MR) is 102 cm³/mol. The number of carbonyl (C=O) groups is 2. The Morgan fingerprint density at radius 3 is 2.63 bits per heavy atom. The van der Waals surface area contributed by atoms with Crippen molar-refractivity contribution in [3.05, 3.63) is 65.5 Å². The summed E-state index contributed by atoms with van der Waals surface area (Å²) >= 11 is 0. The van der Waals surface area contributed by atoms with Crippen LogP contribution in [-0.2, 0) is 22.5 Å². The standard InChI is InChI=1S/C20H24FN3O3/c1-22-19(25)13-15-6-5-8-17(12-15)23-20(26)24(10-11-27-2)14-16-7-3-4-9-18(16)21/h3-9,12H,10-11,13-14H2,1-2H3,(H,22,25)(H,23,26). The smallest absolute Gasteiger partial charge is 0.322 e. The number of benzene rings is 2. The van der Waals surface area contributed by atoms with Gasteiger partial charge in [0.25, 0.3) is 0 Å². The number of nitrogens with zero attached hydrogens (tertiary/aromatic N) is 1. The number of nitrogens with one attached hydrogen (secondary N) is 2. The van der Waals surface area contributed by atoms with Gasteiger partial charge in [-0.05, 0) is 23.8 Å². The highest BCUT2D eigenvalue weighted by molar-refractivity contribution is 5.89. The van der Waals surface area contributed by atoms with E-state index in [1.165, 1.54) is 11.0 Å². The first-order valence-electron chi connectivity index (χ1n) is 8.61. The summed E-state index contributed by atoms with van der Waals surface area (Å²) in [6.07, 6.45) is 0.225. The van der Waals surface area contributed by atoms with Crippen LogP contribution in [0.25, 0.3) is 0 Å². The number of amides is 3. The molecule has 0 aromatic heterocycles. The lowest BCUT2D eigenvalue weighted by atomic mass is 10.1. The van der Waals surface area contributed by atoms with Gasteiger partial charge in [0.1, 0.15) is 5.82 Å². The zero-order valence-corrected chi connectivity index (χ0v) is 15.5. The molecule has 0 aliphatic carbocycles. The van der Waals surface area contributed by atoms with Crippen molar-refractivity contribution in [3.63, 3.8) is 0 Å². The van der Waals surface area contributed by atoms with E-state index in [2.05, 4.69) is 10.6 Å². The molecule has 6 nitrogen and oxygen atoms in total. The molecule has 0 atom stereocenters. The van der Waals surface area contributed by atoms with Crippen LogP contribution in [0, 0.1) is 5.82 Å². The zero-order valence-electron chi connectivity index (χ0n) is 15.5. The van der Waals surface area contributed by atoms with E-state index in [-0.39, 0.29) is 30.7 Å². The number of methoxy groups -OCH3 is 1. The number of carbonyl (C=O) groups excluding carboxylic acids is 2. The topological polar surface area (TPSA) is 70.7 Å². The first-order chi connectivity index (χ1) is 13.0. The van der Waals surface area contributed by atoms with Crippen LogP contribution >= 0.6 is 0 Å². The van der Waals surface area contributed by atoms with E-state index in [4.69, 9.17) is 4.74 Å². The van der Waals surface area contributed by atoms with Crippen LogP contribution in [0.3, 0.4) is 0 Å². The SMILES string of the molecule is CNC(=O)Cc1cccc(NC(=O)N(CCOC)Cc2ccccc2F)c1. The van der Waals surface area contributed by atoms with Gasteiger partial charge in [0, 0.05) is 32.0 Å². The maximum Gasteiger partial charge on any atom is 0.322 e. The van der Waals surface area contributed by atoms with Crippen molar-refractivity contribution in [1.82, 2.24) is 10.2 Å². The highest BCUT2D eigenvalue weighted by atomic mass is 19.1. The second-order valence-corrected chi connectivity index (χ2v) is 5.99. The number of likely N-dealkylation sites (N-methyl/N-ethyl adjacent to an activating group) is 1. The van der Waals surface area contributed by atoms with Gasteiger partial charge in [0.05, 0.1) is 19.6 Å². The van der Waals surface area contributed by atoms with Gasteiger partial charge in [0.2, 0.25) is 5.91 Å². The Hall–Kier alpha value is -2.93. The fourth-order valence-corrected chi connectivity index (χ4v) is 2.52. The molecule has 2 aromatic rings. The zero-order chi connectivity index (χ0) is 19.6. The minimum absolute atomic E-state index is 0.111. The van der Waals surface area contributed by atoms with Crippen LogP contribution in [0.1, 0.15) is 11.1 Å². The molecule has 3 amide bonds. The number of hydrogen-bond acceptors (Lipinski definition) is 3. The van der Waals surface area contributed by atoms with Crippen molar-refractivity contribution >= 4 is 17.6 Å². The number of rotatable bonds is 8. The van der Waals surface area contributed by atoms with Gasteiger partial charge >= 0.3 is 6.03 Å². The van der Waals surface area contributed by atoms with Gasteiger partial charge in [-0.3, -0.25) is 4.79 Å². The molecule has 0 aliphatic heterocycles. The van der Waals surface area contributed by atoms with E-state index in [0.29, 0.717) is 24.4 Å². The summed E-state index contributed by atoms with van der Waals surface area (Å²) in [5.41, 5.74) is 1.78. The Kier molecular flexibility index (Phi) is 7.76. The number of anilines is 1.